The van der Waals surface area contributed by atoms with Crippen LogP contribution in [-0.2, 0) is 10.0 Å². The molecule has 2 N–H and O–H groups in total. The van der Waals surface area contributed by atoms with Gasteiger partial charge in [-0.3, -0.25) is 0 Å². The van der Waals surface area contributed by atoms with Gasteiger partial charge in [0.1, 0.15) is 5.75 Å². The van der Waals surface area contributed by atoms with Crippen molar-refractivity contribution in [1.82, 2.24) is 4.31 Å². The van der Waals surface area contributed by atoms with E-state index in [1.807, 2.05) is 0 Å². The highest BCUT2D eigenvalue weighted by molar-refractivity contribution is 7.89. The van der Waals surface area contributed by atoms with Crippen molar-refractivity contribution in [2.75, 3.05) is 6.54 Å². The number of hydrogen-bond donors (Lipinski definition) is 1. The van der Waals surface area contributed by atoms with Crippen LogP contribution in [-0.4, -0.2) is 38.0 Å². The molecule has 0 saturated carbocycles. The summed E-state index contributed by atoms with van der Waals surface area (Å²) in [6.07, 6.45) is 0.570. The molecule has 2 unspecified atom stereocenters. The van der Waals surface area contributed by atoms with E-state index in [1.54, 1.807) is 6.92 Å². The number of rotatable bonds is 4. The van der Waals surface area contributed by atoms with Crippen LogP contribution in [0.5, 0.6) is 5.75 Å². The Morgan fingerprint density at radius 2 is 2.14 bits per heavy atom. The molecule has 1 aliphatic heterocycles. The number of ether oxygens (including phenoxy) is 1. The summed E-state index contributed by atoms with van der Waals surface area (Å²) in [5.74, 6) is -0.267. The Kier molecular flexibility index (Phi) is 4.72. The minimum Gasteiger partial charge on any atom is -0.433 e. The quantitative estimate of drug-likeness (QED) is 0.910. The zero-order valence-electron chi connectivity index (χ0n) is 11.2. The van der Waals surface area contributed by atoms with Crippen LogP contribution in [0.4, 0.5) is 8.78 Å². The zero-order valence-corrected chi connectivity index (χ0v) is 12.7. The first-order chi connectivity index (χ1) is 9.73. The van der Waals surface area contributed by atoms with Gasteiger partial charge in [-0.2, -0.15) is 13.1 Å². The number of sulfonamides is 1. The Morgan fingerprint density at radius 1 is 1.48 bits per heavy atom. The van der Waals surface area contributed by atoms with Crippen molar-refractivity contribution in [3.8, 4) is 5.75 Å². The van der Waals surface area contributed by atoms with Crippen LogP contribution in [0.1, 0.15) is 13.3 Å². The van der Waals surface area contributed by atoms with Gasteiger partial charge < -0.3 is 10.5 Å². The number of halogens is 3. The van der Waals surface area contributed by atoms with E-state index in [2.05, 4.69) is 4.74 Å². The molecule has 1 aromatic carbocycles. The van der Waals surface area contributed by atoms with Gasteiger partial charge in [-0.15, -0.1) is 0 Å². The predicted molar refractivity (Wildman–Crippen MR) is 74.0 cm³/mol. The third kappa shape index (κ3) is 3.28. The van der Waals surface area contributed by atoms with Crippen molar-refractivity contribution in [3.05, 3.63) is 23.2 Å². The molecule has 21 heavy (non-hydrogen) atoms. The maximum Gasteiger partial charge on any atom is 0.387 e. The van der Waals surface area contributed by atoms with Crippen molar-refractivity contribution >= 4 is 21.6 Å². The summed E-state index contributed by atoms with van der Waals surface area (Å²) in [6, 6.07) is 2.85. The first kappa shape index (κ1) is 16.4. The van der Waals surface area contributed by atoms with E-state index >= 15 is 0 Å². The first-order valence-corrected chi connectivity index (χ1v) is 8.07. The standard InChI is InChI=1S/C12H15ClF2N2O3S/c1-7-10(16)4-5-17(7)21(18,19)8-2-3-11(9(13)6-8)20-12(14)15/h2-3,6-7,10,12H,4-5,16H2,1H3. The number of benzene rings is 1. The van der Waals surface area contributed by atoms with Crippen LogP contribution >= 0.6 is 11.6 Å². The summed E-state index contributed by atoms with van der Waals surface area (Å²) in [5.41, 5.74) is 5.82. The van der Waals surface area contributed by atoms with Gasteiger partial charge in [0, 0.05) is 18.6 Å². The minimum absolute atomic E-state index is 0.0740. The molecule has 9 heteroatoms. The summed E-state index contributed by atoms with van der Waals surface area (Å²) < 4.78 is 54.8. The summed E-state index contributed by atoms with van der Waals surface area (Å²) in [5, 5.41) is -0.187. The second-order valence-electron chi connectivity index (χ2n) is 4.78. The van der Waals surface area contributed by atoms with Crippen molar-refractivity contribution in [3.63, 3.8) is 0 Å². The van der Waals surface area contributed by atoms with Crippen LogP contribution in [0.2, 0.25) is 5.02 Å². The smallest absolute Gasteiger partial charge is 0.387 e. The van der Waals surface area contributed by atoms with E-state index in [9.17, 15) is 17.2 Å². The van der Waals surface area contributed by atoms with Crippen LogP contribution in [0.25, 0.3) is 0 Å². The molecule has 0 radical (unpaired) electrons. The summed E-state index contributed by atoms with van der Waals surface area (Å²) in [4.78, 5) is -0.0740. The van der Waals surface area contributed by atoms with Gasteiger partial charge in [0.05, 0.1) is 9.92 Å². The molecule has 5 nitrogen and oxygen atoms in total. The monoisotopic (exact) mass is 340 g/mol. The third-order valence-electron chi connectivity index (χ3n) is 3.48. The van der Waals surface area contributed by atoms with E-state index in [0.29, 0.717) is 13.0 Å². The van der Waals surface area contributed by atoms with Crippen LogP contribution < -0.4 is 10.5 Å². The Morgan fingerprint density at radius 3 is 2.62 bits per heavy atom. The Balaban J connectivity index is 2.31. The normalized spacial score (nSPS) is 23.7. The Hall–Kier alpha value is -0.960. The van der Waals surface area contributed by atoms with E-state index in [0.717, 1.165) is 12.1 Å². The summed E-state index contributed by atoms with van der Waals surface area (Å²) in [7, 11) is -3.76. The molecule has 0 aliphatic carbocycles. The fourth-order valence-corrected chi connectivity index (χ4v) is 4.25. The largest absolute Gasteiger partial charge is 0.433 e. The van der Waals surface area contributed by atoms with Gasteiger partial charge in [-0.05, 0) is 31.5 Å². The van der Waals surface area contributed by atoms with E-state index in [1.165, 1.54) is 10.4 Å². The highest BCUT2D eigenvalue weighted by Gasteiger charge is 2.37. The molecule has 1 heterocycles. The Labute approximate surface area is 126 Å². The number of nitrogens with two attached hydrogens (primary N) is 1. The lowest BCUT2D eigenvalue weighted by Crippen LogP contribution is -2.40. The molecular formula is C12H15ClF2N2O3S. The number of nitrogens with zero attached hydrogens (tertiary/aromatic N) is 1. The zero-order chi connectivity index (χ0) is 15.8. The molecule has 0 amide bonds. The van der Waals surface area contributed by atoms with Gasteiger partial charge in [0.2, 0.25) is 10.0 Å². The van der Waals surface area contributed by atoms with Gasteiger partial charge in [0.15, 0.2) is 0 Å². The lowest BCUT2D eigenvalue weighted by Gasteiger charge is -2.23. The number of alkyl halides is 2. The van der Waals surface area contributed by atoms with Crippen LogP contribution in [0.3, 0.4) is 0 Å². The van der Waals surface area contributed by atoms with Crippen LogP contribution in [0, 0.1) is 0 Å². The summed E-state index contributed by atoms with van der Waals surface area (Å²) in [6.45, 7) is -0.982. The fourth-order valence-electron chi connectivity index (χ4n) is 2.24. The fraction of sp³-hybridized carbons (Fsp3) is 0.500. The molecule has 1 saturated heterocycles. The maximum atomic E-state index is 12.5. The average molecular weight is 341 g/mol. The number of hydrogen-bond acceptors (Lipinski definition) is 4. The molecule has 1 aliphatic rings. The molecule has 2 atom stereocenters. The van der Waals surface area contributed by atoms with Crippen molar-refractivity contribution in [1.29, 1.82) is 0 Å². The van der Waals surface area contributed by atoms with E-state index in [4.69, 9.17) is 17.3 Å². The second kappa shape index (κ2) is 6.04. The molecule has 118 valence electrons. The lowest BCUT2D eigenvalue weighted by molar-refractivity contribution is -0.0498. The second-order valence-corrected chi connectivity index (χ2v) is 7.08. The highest BCUT2D eigenvalue weighted by Crippen LogP contribution is 2.31. The lowest BCUT2D eigenvalue weighted by atomic mass is 10.2. The minimum atomic E-state index is -3.76. The predicted octanol–water partition coefficient (Wildman–Crippen LogP) is 2.05. The maximum absolute atomic E-state index is 12.5. The van der Waals surface area contributed by atoms with Crippen molar-refractivity contribution < 1.29 is 21.9 Å². The topological polar surface area (TPSA) is 72.6 Å². The van der Waals surface area contributed by atoms with Gasteiger partial charge >= 0.3 is 6.61 Å². The molecule has 1 fully saturated rings. The molecule has 0 bridgehead atoms. The average Bonchev–Trinajstić information content (AvgIpc) is 2.72. The van der Waals surface area contributed by atoms with Crippen LogP contribution in [0.15, 0.2) is 23.1 Å². The first-order valence-electron chi connectivity index (χ1n) is 6.25. The summed E-state index contributed by atoms with van der Waals surface area (Å²) >= 11 is 5.79. The van der Waals surface area contributed by atoms with E-state index in [-0.39, 0.29) is 27.8 Å². The van der Waals surface area contributed by atoms with Gasteiger partial charge in [0.25, 0.3) is 0 Å². The van der Waals surface area contributed by atoms with E-state index < -0.39 is 16.6 Å². The van der Waals surface area contributed by atoms with Crippen molar-refractivity contribution in [2.24, 2.45) is 5.73 Å². The SMILES string of the molecule is CC1C(N)CCN1S(=O)(=O)c1ccc(OC(F)F)c(Cl)c1. The molecule has 2 rings (SSSR count). The van der Waals surface area contributed by atoms with Gasteiger partial charge in [-0.1, -0.05) is 11.6 Å². The molecular weight excluding hydrogens is 326 g/mol. The molecule has 0 aromatic heterocycles. The Bertz CT molecular complexity index is 627. The third-order valence-corrected chi connectivity index (χ3v) is 5.76. The highest BCUT2D eigenvalue weighted by atomic mass is 35.5. The van der Waals surface area contributed by atoms with Gasteiger partial charge in [-0.25, -0.2) is 8.42 Å². The van der Waals surface area contributed by atoms with Crippen molar-refractivity contribution in [2.45, 2.75) is 36.9 Å². The molecule has 0 spiro atoms. The molecule has 1 aromatic rings.